The number of aliphatic hydroxyl groups excluding tert-OH is 2. The van der Waals surface area contributed by atoms with Crippen LogP contribution in [0.5, 0.6) is 0 Å². The summed E-state index contributed by atoms with van der Waals surface area (Å²) < 4.78 is 0. The summed E-state index contributed by atoms with van der Waals surface area (Å²) in [6.07, 6.45) is 10.0. The van der Waals surface area contributed by atoms with Crippen LogP contribution in [-0.2, 0) is 11.3 Å². The highest BCUT2D eigenvalue weighted by Crippen LogP contribution is 2.68. The van der Waals surface area contributed by atoms with Gasteiger partial charge in [0.2, 0.25) is 5.91 Å². The Morgan fingerprint density at radius 3 is 2.58 bits per heavy atom. The van der Waals surface area contributed by atoms with Gasteiger partial charge in [0.05, 0.1) is 18.8 Å². The standard InChI is InChI=1S/C32H47NO3/c1-19-5-9-27-21(15-19)18-33(27)29(36)10-6-20(2)24-7-8-25-30-26(12-14-32(24,25)4)31(3)13-11-23(34)16-22(31)17-28(30)35/h5,9,15,20,22-26,28,30,34-35H,6-8,10-14,16-18H2,1-4H3/t20-,22+,23-,24-,25+,26+,28+,30+,31+,32-/m1/s1. The zero-order valence-corrected chi connectivity index (χ0v) is 22.9. The maximum atomic E-state index is 13.1. The normalized spacial score (nSPS) is 44.1. The van der Waals surface area contributed by atoms with E-state index < -0.39 is 0 Å². The van der Waals surface area contributed by atoms with E-state index in [1.165, 1.54) is 36.8 Å². The van der Waals surface area contributed by atoms with Crippen molar-refractivity contribution < 1.29 is 15.0 Å². The summed E-state index contributed by atoms with van der Waals surface area (Å²) in [6.45, 7) is 10.3. The molecule has 198 valence electrons. The van der Waals surface area contributed by atoms with Crippen LogP contribution >= 0.6 is 0 Å². The first kappa shape index (κ1) is 24.9. The number of fused-ring (bicyclic) bond motifs is 6. The number of amides is 1. The summed E-state index contributed by atoms with van der Waals surface area (Å²) in [6, 6.07) is 6.41. The highest BCUT2D eigenvalue weighted by molar-refractivity contribution is 5.97. The van der Waals surface area contributed by atoms with Crippen molar-refractivity contribution in [2.45, 2.75) is 111 Å². The van der Waals surface area contributed by atoms with E-state index >= 15 is 0 Å². The van der Waals surface area contributed by atoms with Gasteiger partial charge in [-0.15, -0.1) is 0 Å². The fourth-order valence-corrected chi connectivity index (χ4v) is 10.4. The van der Waals surface area contributed by atoms with Crippen LogP contribution < -0.4 is 4.90 Å². The average molecular weight is 494 g/mol. The Morgan fingerprint density at radius 2 is 1.81 bits per heavy atom. The molecule has 2 N–H and O–H groups in total. The smallest absolute Gasteiger partial charge is 0.227 e. The second-order valence-electron chi connectivity index (χ2n) is 14.1. The fraction of sp³-hybridized carbons (Fsp3) is 0.781. The van der Waals surface area contributed by atoms with Crippen LogP contribution in [0, 0.1) is 53.3 Å². The number of hydrogen-bond acceptors (Lipinski definition) is 3. The van der Waals surface area contributed by atoms with Crippen molar-refractivity contribution in [3.8, 4) is 0 Å². The maximum Gasteiger partial charge on any atom is 0.227 e. The van der Waals surface area contributed by atoms with E-state index in [4.69, 9.17) is 0 Å². The minimum Gasteiger partial charge on any atom is -0.393 e. The first-order chi connectivity index (χ1) is 17.1. The van der Waals surface area contributed by atoms with Gasteiger partial charge in [0.25, 0.3) is 0 Å². The molecule has 0 unspecified atom stereocenters. The SMILES string of the molecule is Cc1ccc2c(c1)CN2C(=O)CC[C@@H](C)[C@H]1CC[C@H]2[C@@H]3[C@@H](O)C[C@@H]4C[C@H](O)CC[C@]4(C)[C@H]3CC[C@]12C. The van der Waals surface area contributed by atoms with Gasteiger partial charge < -0.3 is 15.1 Å². The molecule has 4 heteroatoms. The molecule has 0 spiro atoms. The van der Waals surface area contributed by atoms with E-state index in [1.807, 2.05) is 4.90 Å². The molecule has 4 saturated carbocycles. The lowest BCUT2D eigenvalue weighted by atomic mass is 9.43. The van der Waals surface area contributed by atoms with Crippen molar-refractivity contribution >= 4 is 11.6 Å². The van der Waals surface area contributed by atoms with Crippen LogP contribution in [0.25, 0.3) is 0 Å². The minimum absolute atomic E-state index is 0.172. The molecule has 0 aromatic heterocycles. The first-order valence-corrected chi connectivity index (χ1v) is 14.9. The number of anilines is 1. The average Bonchev–Trinajstić information content (AvgIpc) is 3.17. The molecule has 4 nitrogen and oxygen atoms in total. The van der Waals surface area contributed by atoms with Crippen molar-refractivity contribution in [3.63, 3.8) is 0 Å². The predicted molar refractivity (Wildman–Crippen MR) is 143 cm³/mol. The Bertz CT molecular complexity index is 1020. The van der Waals surface area contributed by atoms with Crippen LogP contribution in [0.2, 0.25) is 0 Å². The minimum atomic E-state index is -0.214. The molecule has 4 fully saturated rings. The summed E-state index contributed by atoms with van der Waals surface area (Å²) in [5, 5.41) is 21.8. The number of carbonyl (C=O) groups is 1. The third kappa shape index (κ3) is 3.72. The van der Waals surface area contributed by atoms with Crippen molar-refractivity contribution in [2.75, 3.05) is 4.90 Å². The summed E-state index contributed by atoms with van der Waals surface area (Å²) in [7, 11) is 0. The van der Waals surface area contributed by atoms with Gasteiger partial charge in [0.1, 0.15) is 0 Å². The number of aliphatic hydroxyl groups is 2. The molecule has 1 aromatic rings. The van der Waals surface area contributed by atoms with E-state index in [0.29, 0.717) is 41.9 Å². The fourth-order valence-electron chi connectivity index (χ4n) is 10.4. The Balaban J connectivity index is 1.12. The third-order valence-electron chi connectivity index (χ3n) is 12.4. The highest BCUT2D eigenvalue weighted by Gasteiger charge is 2.62. The van der Waals surface area contributed by atoms with E-state index in [1.54, 1.807) is 0 Å². The predicted octanol–water partition coefficient (Wildman–Crippen LogP) is 6.25. The number of hydrogen-bond donors (Lipinski definition) is 2. The molecule has 36 heavy (non-hydrogen) atoms. The molecule has 0 bridgehead atoms. The van der Waals surface area contributed by atoms with Gasteiger partial charge in [-0.2, -0.15) is 0 Å². The van der Waals surface area contributed by atoms with Crippen molar-refractivity contribution in [1.82, 2.24) is 0 Å². The summed E-state index contributed by atoms with van der Waals surface area (Å²) in [4.78, 5) is 15.0. The van der Waals surface area contributed by atoms with Gasteiger partial charge in [0.15, 0.2) is 0 Å². The van der Waals surface area contributed by atoms with E-state index in [0.717, 1.165) is 44.3 Å². The molecular formula is C32H47NO3. The van der Waals surface area contributed by atoms with E-state index in [9.17, 15) is 15.0 Å². The van der Waals surface area contributed by atoms with Crippen LogP contribution in [0.1, 0.15) is 96.1 Å². The van der Waals surface area contributed by atoms with Gasteiger partial charge in [-0.25, -0.2) is 0 Å². The van der Waals surface area contributed by atoms with Gasteiger partial charge in [-0.3, -0.25) is 4.79 Å². The third-order valence-corrected chi connectivity index (χ3v) is 12.4. The van der Waals surface area contributed by atoms with Crippen molar-refractivity contribution in [3.05, 3.63) is 29.3 Å². The Morgan fingerprint density at radius 1 is 1.06 bits per heavy atom. The van der Waals surface area contributed by atoms with Gasteiger partial charge in [-0.1, -0.05) is 38.5 Å². The molecule has 1 aliphatic heterocycles. The molecule has 1 aromatic carbocycles. The molecule has 0 radical (unpaired) electrons. The molecular weight excluding hydrogens is 446 g/mol. The lowest BCUT2D eigenvalue weighted by molar-refractivity contribution is -0.174. The summed E-state index contributed by atoms with van der Waals surface area (Å²) >= 11 is 0. The second kappa shape index (κ2) is 8.83. The van der Waals surface area contributed by atoms with E-state index in [2.05, 4.69) is 45.9 Å². The Hall–Kier alpha value is -1.39. The lowest BCUT2D eigenvalue weighted by Crippen LogP contribution is -2.58. The maximum absolute atomic E-state index is 13.1. The van der Waals surface area contributed by atoms with Crippen LogP contribution in [0.3, 0.4) is 0 Å². The molecule has 0 saturated heterocycles. The van der Waals surface area contributed by atoms with Gasteiger partial charge in [-0.05, 0) is 123 Å². The largest absolute Gasteiger partial charge is 0.393 e. The zero-order valence-electron chi connectivity index (χ0n) is 22.9. The highest BCUT2D eigenvalue weighted by atomic mass is 16.3. The van der Waals surface area contributed by atoms with Crippen LogP contribution in [0.4, 0.5) is 5.69 Å². The summed E-state index contributed by atoms with van der Waals surface area (Å²) in [5.41, 5.74) is 4.24. The quantitative estimate of drug-likeness (QED) is 0.521. The molecule has 6 rings (SSSR count). The Labute approximate surface area is 217 Å². The molecule has 10 atom stereocenters. The number of nitrogens with zero attached hydrogens (tertiary/aromatic N) is 1. The first-order valence-electron chi connectivity index (χ1n) is 14.9. The van der Waals surface area contributed by atoms with Crippen LogP contribution in [0.15, 0.2) is 18.2 Å². The second-order valence-corrected chi connectivity index (χ2v) is 14.1. The lowest BCUT2D eigenvalue weighted by Gasteiger charge is -2.62. The van der Waals surface area contributed by atoms with E-state index in [-0.39, 0.29) is 28.9 Å². The topological polar surface area (TPSA) is 60.8 Å². The molecule has 1 heterocycles. The number of carbonyl (C=O) groups excluding carboxylic acids is 1. The number of benzene rings is 1. The number of rotatable bonds is 4. The van der Waals surface area contributed by atoms with Gasteiger partial charge >= 0.3 is 0 Å². The Kier molecular flexibility index (Phi) is 6.11. The zero-order chi connectivity index (χ0) is 25.4. The van der Waals surface area contributed by atoms with Crippen molar-refractivity contribution in [1.29, 1.82) is 0 Å². The van der Waals surface area contributed by atoms with Gasteiger partial charge in [0, 0.05) is 12.1 Å². The monoisotopic (exact) mass is 493 g/mol. The molecule has 5 aliphatic rings. The van der Waals surface area contributed by atoms with Crippen molar-refractivity contribution in [2.24, 2.45) is 46.3 Å². The number of aryl methyl sites for hydroxylation is 1. The van der Waals surface area contributed by atoms with Crippen LogP contribution in [-0.4, -0.2) is 28.3 Å². The summed E-state index contributed by atoms with van der Waals surface area (Å²) in [5.74, 6) is 3.55. The molecule has 4 aliphatic carbocycles. The molecule has 1 amide bonds.